The molecule has 0 saturated carbocycles. The standard InChI is InChI=1S/C14H16ClN3/c15-12-2-1-11(8-16)13(7-12)18-6-4-14(10-18)3-5-17-9-14/h1-2,7,17H,3-6,9-10H2. The van der Waals surface area contributed by atoms with Crippen LogP contribution in [0.3, 0.4) is 0 Å². The second-order valence-corrected chi connectivity index (χ2v) is 5.81. The van der Waals surface area contributed by atoms with E-state index in [1.165, 1.54) is 12.8 Å². The molecule has 0 aliphatic carbocycles. The second-order valence-electron chi connectivity index (χ2n) is 5.37. The lowest BCUT2D eigenvalue weighted by Crippen LogP contribution is -2.29. The summed E-state index contributed by atoms with van der Waals surface area (Å²) in [5, 5.41) is 13.3. The van der Waals surface area contributed by atoms with Crippen LogP contribution >= 0.6 is 11.6 Å². The van der Waals surface area contributed by atoms with Gasteiger partial charge < -0.3 is 10.2 Å². The van der Waals surface area contributed by atoms with Crippen molar-refractivity contribution in [3.8, 4) is 6.07 Å². The van der Waals surface area contributed by atoms with Crippen LogP contribution in [0.2, 0.25) is 5.02 Å². The minimum Gasteiger partial charge on any atom is -0.370 e. The molecule has 2 aliphatic rings. The number of halogens is 1. The third kappa shape index (κ3) is 1.96. The monoisotopic (exact) mass is 261 g/mol. The van der Waals surface area contributed by atoms with Crippen molar-refractivity contribution in [1.82, 2.24) is 5.32 Å². The van der Waals surface area contributed by atoms with Gasteiger partial charge in [0.2, 0.25) is 0 Å². The van der Waals surface area contributed by atoms with E-state index in [1.54, 1.807) is 6.07 Å². The van der Waals surface area contributed by atoms with E-state index < -0.39 is 0 Å². The summed E-state index contributed by atoms with van der Waals surface area (Å²) in [5.41, 5.74) is 2.13. The molecule has 3 rings (SSSR count). The normalized spacial score (nSPS) is 26.8. The fourth-order valence-corrected chi connectivity index (χ4v) is 3.31. The Balaban J connectivity index is 1.88. The number of nitrogens with zero attached hydrogens (tertiary/aromatic N) is 2. The van der Waals surface area contributed by atoms with Crippen LogP contribution in [0.5, 0.6) is 0 Å². The highest BCUT2D eigenvalue weighted by Gasteiger charge is 2.40. The molecule has 1 aromatic carbocycles. The molecular weight excluding hydrogens is 246 g/mol. The third-order valence-electron chi connectivity index (χ3n) is 4.19. The average molecular weight is 262 g/mol. The number of hydrogen-bond donors (Lipinski definition) is 1. The van der Waals surface area contributed by atoms with Crippen molar-refractivity contribution in [3.63, 3.8) is 0 Å². The lowest BCUT2D eigenvalue weighted by Gasteiger charge is -2.24. The molecule has 1 N–H and O–H groups in total. The first kappa shape index (κ1) is 11.8. The van der Waals surface area contributed by atoms with Crippen LogP contribution < -0.4 is 10.2 Å². The predicted octanol–water partition coefficient (Wildman–Crippen LogP) is 2.40. The SMILES string of the molecule is N#Cc1ccc(Cl)cc1N1CCC2(CCNC2)C1. The Morgan fingerprint density at radius 2 is 2.28 bits per heavy atom. The van der Waals surface area contributed by atoms with Gasteiger partial charge in [-0.2, -0.15) is 5.26 Å². The molecule has 94 valence electrons. The maximum atomic E-state index is 9.19. The van der Waals surface area contributed by atoms with Crippen LogP contribution in [0.1, 0.15) is 18.4 Å². The van der Waals surface area contributed by atoms with E-state index in [0.717, 1.165) is 37.4 Å². The Morgan fingerprint density at radius 3 is 3.00 bits per heavy atom. The zero-order valence-corrected chi connectivity index (χ0v) is 11.0. The Kier molecular flexibility index (Phi) is 2.93. The molecule has 0 radical (unpaired) electrons. The first-order chi connectivity index (χ1) is 8.72. The van der Waals surface area contributed by atoms with E-state index in [9.17, 15) is 5.26 Å². The minimum absolute atomic E-state index is 0.412. The number of hydrogen-bond acceptors (Lipinski definition) is 3. The number of nitrogens with one attached hydrogen (secondary N) is 1. The summed E-state index contributed by atoms with van der Waals surface area (Å²) in [6.07, 6.45) is 2.45. The van der Waals surface area contributed by atoms with Crippen molar-refractivity contribution in [3.05, 3.63) is 28.8 Å². The molecule has 0 bridgehead atoms. The van der Waals surface area contributed by atoms with Crippen molar-refractivity contribution in [2.75, 3.05) is 31.1 Å². The van der Waals surface area contributed by atoms with Gasteiger partial charge in [-0.3, -0.25) is 0 Å². The minimum atomic E-state index is 0.412. The molecule has 2 saturated heterocycles. The molecule has 18 heavy (non-hydrogen) atoms. The first-order valence-electron chi connectivity index (χ1n) is 6.38. The van der Waals surface area contributed by atoms with Crippen molar-refractivity contribution >= 4 is 17.3 Å². The number of anilines is 1. The maximum Gasteiger partial charge on any atom is 0.101 e. The van der Waals surface area contributed by atoms with E-state index in [1.807, 2.05) is 12.1 Å². The lowest BCUT2D eigenvalue weighted by molar-refractivity contribution is 0.369. The zero-order chi connectivity index (χ0) is 12.6. The lowest BCUT2D eigenvalue weighted by atomic mass is 9.86. The molecule has 0 aromatic heterocycles. The van der Waals surface area contributed by atoms with Crippen molar-refractivity contribution in [1.29, 1.82) is 5.26 Å². The van der Waals surface area contributed by atoms with Crippen LogP contribution in [0.25, 0.3) is 0 Å². The highest BCUT2D eigenvalue weighted by atomic mass is 35.5. The van der Waals surface area contributed by atoms with Crippen LogP contribution in [-0.4, -0.2) is 26.2 Å². The smallest absolute Gasteiger partial charge is 0.101 e. The summed E-state index contributed by atoms with van der Waals surface area (Å²) in [5.74, 6) is 0. The Labute approximate surface area is 112 Å². The van der Waals surface area contributed by atoms with Gasteiger partial charge in [-0.15, -0.1) is 0 Å². The molecule has 2 aliphatic heterocycles. The van der Waals surface area contributed by atoms with Gasteiger partial charge >= 0.3 is 0 Å². The van der Waals surface area contributed by atoms with Gasteiger partial charge in [-0.25, -0.2) is 0 Å². The van der Waals surface area contributed by atoms with Gasteiger partial charge in [0, 0.05) is 30.1 Å². The van der Waals surface area contributed by atoms with Gasteiger partial charge in [-0.1, -0.05) is 11.6 Å². The van der Waals surface area contributed by atoms with Gasteiger partial charge in [0.15, 0.2) is 0 Å². The predicted molar refractivity (Wildman–Crippen MR) is 72.9 cm³/mol. The van der Waals surface area contributed by atoms with Gasteiger partial charge in [0.25, 0.3) is 0 Å². The topological polar surface area (TPSA) is 39.1 Å². The van der Waals surface area contributed by atoms with E-state index in [-0.39, 0.29) is 0 Å². The highest BCUT2D eigenvalue weighted by Crippen LogP contribution is 2.39. The number of rotatable bonds is 1. The second kappa shape index (κ2) is 4.46. The average Bonchev–Trinajstić information content (AvgIpc) is 3.00. The Bertz CT molecular complexity index is 500. The molecular formula is C14H16ClN3. The molecule has 2 heterocycles. The molecule has 1 spiro atoms. The van der Waals surface area contributed by atoms with Crippen molar-refractivity contribution in [2.24, 2.45) is 5.41 Å². The van der Waals surface area contributed by atoms with E-state index in [0.29, 0.717) is 10.4 Å². The fourth-order valence-electron chi connectivity index (χ4n) is 3.15. The van der Waals surface area contributed by atoms with Crippen LogP contribution in [0.4, 0.5) is 5.69 Å². The summed E-state index contributed by atoms with van der Waals surface area (Å²) in [6, 6.07) is 7.78. The van der Waals surface area contributed by atoms with Crippen LogP contribution in [0, 0.1) is 16.7 Å². The van der Waals surface area contributed by atoms with Gasteiger partial charge in [0.1, 0.15) is 6.07 Å². The molecule has 1 unspecified atom stereocenters. The summed E-state index contributed by atoms with van der Waals surface area (Å²) >= 11 is 6.05. The number of nitriles is 1. The largest absolute Gasteiger partial charge is 0.370 e. The Hall–Kier alpha value is -1.24. The summed E-state index contributed by atoms with van der Waals surface area (Å²) in [7, 11) is 0. The molecule has 1 atom stereocenters. The molecule has 3 nitrogen and oxygen atoms in total. The van der Waals surface area contributed by atoms with Crippen molar-refractivity contribution in [2.45, 2.75) is 12.8 Å². The van der Waals surface area contributed by atoms with E-state index >= 15 is 0 Å². The van der Waals surface area contributed by atoms with Crippen LogP contribution in [-0.2, 0) is 0 Å². The Morgan fingerprint density at radius 1 is 1.39 bits per heavy atom. The van der Waals surface area contributed by atoms with Crippen molar-refractivity contribution < 1.29 is 0 Å². The quantitative estimate of drug-likeness (QED) is 0.844. The molecule has 0 amide bonds. The molecule has 1 aromatic rings. The van der Waals surface area contributed by atoms with Gasteiger partial charge in [0.05, 0.1) is 11.3 Å². The maximum absolute atomic E-state index is 9.19. The molecule has 4 heteroatoms. The summed E-state index contributed by atoms with van der Waals surface area (Å²) < 4.78 is 0. The first-order valence-corrected chi connectivity index (χ1v) is 6.76. The number of benzene rings is 1. The van der Waals surface area contributed by atoms with E-state index in [2.05, 4.69) is 16.3 Å². The fraction of sp³-hybridized carbons (Fsp3) is 0.500. The van der Waals surface area contributed by atoms with Gasteiger partial charge in [-0.05, 0) is 37.6 Å². The summed E-state index contributed by atoms with van der Waals surface area (Å²) in [6.45, 7) is 4.28. The van der Waals surface area contributed by atoms with Crippen LogP contribution in [0.15, 0.2) is 18.2 Å². The van der Waals surface area contributed by atoms with E-state index in [4.69, 9.17) is 11.6 Å². The highest BCUT2D eigenvalue weighted by molar-refractivity contribution is 6.30. The third-order valence-corrected chi connectivity index (χ3v) is 4.43. The molecule has 2 fully saturated rings. The zero-order valence-electron chi connectivity index (χ0n) is 10.2. The summed E-state index contributed by atoms with van der Waals surface area (Å²) in [4.78, 5) is 2.32.